The van der Waals surface area contributed by atoms with Gasteiger partial charge in [-0.15, -0.1) is 0 Å². The van der Waals surface area contributed by atoms with Crippen LogP contribution in [0.15, 0.2) is 48.6 Å². The fourth-order valence-electron chi connectivity index (χ4n) is 4.25. The van der Waals surface area contributed by atoms with Crippen molar-refractivity contribution in [2.24, 2.45) is 0 Å². The normalized spacial score (nSPS) is 21.5. The molecule has 1 fully saturated rings. The van der Waals surface area contributed by atoms with E-state index in [0.29, 0.717) is 0 Å². The van der Waals surface area contributed by atoms with Crippen molar-refractivity contribution in [3.8, 4) is 23.0 Å². The third-order valence-electron chi connectivity index (χ3n) is 6.40. The molecule has 0 unspecified atom stereocenters. The van der Waals surface area contributed by atoms with Gasteiger partial charge < -0.3 is 50.0 Å². The van der Waals surface area contributed by atoms with E-state index in [0.717, 1.165) is 36.4 Å². The molecule has 3 rings (SSSR count). The second-order valence-corrected chi connectivity index (χ2v) is 9.68. The first-order valence-electron chi connectivity index (χ1n) is 12.9. The van der Waals surface area contributed by atoms with E-state index in [1.807, 2.05) is 0 Å². The van der Waals surface area contributed by atoms with E-state index in [4.69, 9.17) is 19.3 Å². The Balaban J connectivity index is 1.85. The number of carboxylic acid groups (broad SMARTS) is 2. The number of hydrogen-bond donors (Lipinski definition) is 7. The number of phenols is 4. The first-order valence-corrected chi connectivity index (χ1v) is 12.9. The topological polar surface area (TPSA) is 255 Å². The SMILES string of the molecule is O=C(O)CCC(=O)O[C@]1(C(=O)O)C[C@@H](O)[C@H](OC(=O)/C=C/c2ccc(O)c(O)c2)[C@H](OC(=O)/C=C/c2ccc(O)c(O)c2)C1. The van der Waals surface area contributed by atoms with Crippen LogP contribution in [0.1, 0.15) is 36.8 Å². The van der Waals surface area contributed by atoms with E-state index >= 15 is 0 Å². The van der Waals surface area contributed by atoms with E-state index in [1.54, 1.807) is 0 Å². The smallest absolute Gasteiger partial charge is 0.348 e. The zero-order valence-electron chi connectivity index (χ0n) is 22.7. The summed E-state index contributed by atoms with van der Waals surface area (Å²) in [6.07, 6.45) is -4.09. The Kier molecular flexibility index (Phi) is 10.5. The van der Waals surface area contributed by atoms with Crippen LogP contribution in [0.2, 0.25) is 0 Å². The molecule has 0 saturated heterocycles. The lowest BCUT2D eigenvalue weighted by molar-refractivity contribution is -0.215. The molecule has 234 valence electrons. The number of esters is 3. The molecule has 1 saturated carbocycles. The number of rotatable bonds is 11. The van der Waals surface area contributed by atoms with Crippen LogP contribution in [0.4, 0.5) is 0 Å². The zero-order chi connectivity index (χ0) is 32.6. The quantitative estimate of drug-likeness (QED) is 0.0816. The third-order valence-corrected chi connectivity index (χ3v) is 6.40. The van der Waals surface area contributed by atoms with E-state index in [9.17, 15) is 54.6 Å². The number of carbonyl (C=O) groups excluding carboxylic acids is 3. The summed E-state index contributed by atoms with van der Waals surface area (Å²) in [5, 5.41) is 67.7. The predicted molar refractivity (Wildman–Crippen MR) is 146 cm³/mol. The number of aliphatic hydroxyl groups is 1. The van der Waals surface area contributed by atoms with Gasteiger partial charge in [0.05, 0.1) is 18.9 Å². The number of benzene rings is 2. The molecule has 0 bridgehead atoms. The number of carbonyl (C=O) groups is 5. The maximum atomic E-state index is 12.7. The van der Waals surface area contributed by atoms with Gasteiger partial charge in [-0.25, -0.2) is 14.4 Å². The summed E-state index contributed by atoms with van der Waals surface area (Å²) < 4.78 is 15.7. The fourth-order valence-corrected chi connectivity index (χ4v) is 4.25. The Hall–Kier alpha value is -5.57. The van der Waals surface area contributed by atoms with Gasteiger partial charge in [0.25, 0.3) is 0 Å². The summed E-state index contributed by atoms with van der Waals surface area (Å²) in [5.74, 6) is -8.27. The maximum absolute atomic E-state index is 12.7. The Morgan fingerprint density at radius 2 is 1.27 bits per heavy atom. The third kappa shape index (κ3) is 8.72. The number of hydrogen-bond acceptors (Lipinski definition) is 13. The van der Waals surface area contributed by atoms with Gasteiger partial charge >= 0.3 is 29.8 Å². The molecule has 15 nitrogen and oxygen atoms in total. The average Bonchev–Trinajstić information content (AvgIpc) is 2.95. The molecule has 1 aliphatic rings. The summed E-state index contributed by atoms with van der Waals surface area (Å²) in [6.45, 7) is 0. The second-order valence-electron chi connectivity index (χ2n) is 9.68. The first kappa shape index (κ1) is 32.9. The lowest BCUT2D eigenvalue weighted by atomic mass is 9.79. The molecule has 4 atom stereocenters. The van der Waals surface area contributed by atoms with E-state index in [1.165, 1.54) is 24.3 Å². The molecule has 0 aliphatic heterocycles. The van der Waals surface area contributed by atoms with E-state index < -0.39 is 102 Å². The predicted octanol–water partition coefficient (Wildman–Crippen LogP) is 1.45. The van der Waals surface area contributed by atoms with Gasteiger partial charge in [-0.2, -0.15) is 0 Å². The number of phenolic OH excluding ortho intramolecular Hbond substituents is 4. The van der Waals surface area contributed by atoms with Crippen molar-refractivity contribution in [3.63, 3.8) is 0 Å². The highest BCUT2D eigenvalue weighted by atomic mass is 16.6. The highest BCUT2D eigenvalue weighted by molar-refractivity contribution is 5.89. The average molecular weight is 617 g/mol. The van der Waals surface area contributed by atoms with Gasteiger partial charge in [0.2, 0.25) is 5.60 Å². The first-order chi connectivity index (χ1) is 20.7. The van der Waals surface area contributed by atoms with Crippen molar-refractivity contribution in [2.45, 2.75) is 49.6 Å². The number of aromatic hydroxyl groups is 4. The molecule has 0 heterocycles. The minimum absolute atomic E-state index is 0.251. The van der Waals surface area contributed by atoms with Crippen LogP contribution in [0.3, 0.4) is 0 Å². The molecular weight excluding hydrogens is 588 g/mol. The molecule has 2 aromatic carbocycles. The molecule has 44 heavy (non-hydrogen) atoms. The van der Waals surface area contributed by atoms with E-state index in [-0.39, 0.29) is 11.1 Å². The van der Waals surface area contributed by atoms with Gasteiger partial charge in [0.15, 0.2) is 29.1 Å². The van der Waals surface area contributed by atoms with Gasteiger partial charge in [0.1, 0.15) is 6.10 Å². The molecule has 0 aromatic heterocycles. The summed E-state index contributed by atoms with van der Waals surface area (Å²) in [5.41, 5.74) is -1.97. The van der Waals surface area contributed by atoms with Crippen LogP contribution < -0.4 is 0 Å². The molecular formula is C29H28O15. The largest absolute Gasteiger partial charge is 0.504 e. The molecule has 2 aromatic rings. The van der Waals surface area contributed by atoms with Crippen LogP contribution in [0, 0.1) is 0 Å². The monoisotopic (exact) mass is 616 g/mol. The van der Waals surface area contributed by atoms with Crippen LogP contribution in [0.5, 0.6) is 23.0 Å². The van der Waals surface area contributed by atoms with Crippen LogP contribution in [-0.4, -0.2) is 89.5 Å². The molecule has 0 radical (unpaired) electrons. The van der Waals surface area contributed by atoms with Crippen molar-refractivity contribution in [1.82, 2.24) is 0 Å². The van der Waals surface area contributed by atoms with Gasteiger partial charge in [-0.05, 0) is 47.5 Å². The Morgan fingerprint density at radius 1 is 0.750 bits per heavy atom. The molecule has 7 N–H and O–H groups in total. The molecule has 1 aliphatic carbocycles. The number of aliphatic hydroxyl groups excluding tert-OH is 1. The molecule has 0 amide bonds. The minimum Gasteiger partial charge on any atom is -0.504 e. The summed E-state index contributed by atoms with van der Waals surface area (Å²) in [6, 6.07) is 7.29. The highest BCUT2D eigenvalue weighted by Gasteiger charge is 2.56. The minimum atomic E-state index is -2.49. The lowest BCUT2D eigenvalue weighted by Gasteiger charge is -2.42. The van der Waals surface area contributed by atoms with Crippen molar-refractivity contribution in [1.29, 1.82) is 0 Å². The van der Waals surface area contributed by atoms with Crippen molar-refractivity contribution in [3.05, 3.63) is 59.7 Å². The lowest BCUT2D eigenvalue weighted by Crippen LogP contribution is -2.59. The standard InChI is InChI=1S/C29H28O15/c30-17-5-1-15(11-19(17)32)3-8-24(37)42-22-14-29(28(40)41,44-26(39)10-7-23(35)36)13-21(34)27(22)43-25(38)9-4-16-2-6-18(31)20(33)12-16/h1-6,8-9,11-12,21-22,27,30-34H,7,10,13-14H2,(H,35,36)(H,40,41)/b8-3+,9-4+/t21-,22-,27+,29-/m1/s1. The summed E-state index contributed by atoms with van der Waals surface area (Å²) in [4.78, 5) is 60.7. The van der Waals surface area contributed by atoms with Gasteiger partial charge in [-0.1, -0.05) is 12.1 Å². The number of aliphatic carboxylic acids is 2. The van der Waals surface area contributed by atoms with Crippen LogP contribution in [0.25, 0.3) is 12.2 Å². The summed E-state index contributed by atoms with van der Waals surface area (Å²) >= 11 is 0. The zero-order valence-corrected chi connectivity index (χ0v) is 22.7. The van der Waals surface area contributed by atoms with Gasteiger partial charge in [-0.3, -0.25) is 9.59 Å². The molecule has 0 spiro atoms. The highest BCUT2D eigenvalue weighted by Crippen LogP contribution is 2.37. The van der Waals surface area contributed by atoms with Crippen LogP contribution in [-0.2, 0) is 38.2 Å². The van der Waals surface area contributed by atoms with Crippen molar-refractivity contribution < 1.29 is 73.9 Å². The summed E-state index contributed by atoms with van der Waals surface area (Å²) in [7, 11) is 0. The van der Waals surface area contributed by atoms with Crippen molar-refractivity contribution >= 4 is 42.0 Å². The van der Waals surface area contributed by atoms with Crippen molar-refractivity contribution in [2.75, 3.05) is 0 Å². The maximum Gasteiger partial charge on any atom is 0.348 e. The Labute approximate surface area is 248 Å². The Bertz CT molecular complexity index is 1490. The van der Waals surface area contributed by atoms with E-state index in [2.05, 4.69) is 0 Å². The fraction of sp³-hybridized carbons (Fsp3) is 0.276. The second kappa shape index (κ2) is 14.1. The molecule has 15 heteroatoms. The van der Waals surface area contributed by atoms with Gasteiger partial charge in [0, 0.05) is 25.0 Å². The Morgan fingerprint density at radius 3 is 1.75 bits per heavy atom. The number of ether oxygens (including phenoxy) is 3. The van der Waals surface area contributed by atoms with Crippen LogP contribution >= 0.6 is 0 Å². The number of carboxylic acids is 2.